The Morgan fingerprint density at radius 1 is 1.12 bits per heavy atom. The summed E-state index contributed by atoms with van der Waals surface area (Å²) >= 11 is 0. The van der Waals surface area contributed by atoms with Crippen LogP contribution in [0.5, 0.6) is 0 Å². The van der Waals surface area contributed by atoms with Gasteiger partial charge in [0.2, 0.25) is 5.82 Å². The van der Waals surface area contributed by atoms with Crippen molar-refractivity contribution in [1.29, 1.82) is 0 Å². The number of nitrogens with zero attached hydrogens (tertiary/aromatic N) is 3. The molecule has 0 radical (unpaired) electrons. The first-order chi connectivity index (χ1) is 7.57. The maximum absolute atomic E-state index is 12.2. The molecule has 0 saturated carbocycles. The second-order valence-electron chi connectivity index (χ2n) is 3.50. The van der Waals surface area contributed by atoms with E-state index in [9.17, 15) is 13.2 Å². The van der Waals surface area contributed by atoms with Crippen molar-refractivity contribution in [1.82, 2.24) is 15.3 Å². The first kappa shape index (κ1) is 11.1. The molecule has 2 heterocycles. The predicted octanol–water partition coefficient (Wildman–Crippen LogP) is 0.905. The van der Waals surface area contributed by atoms with E-state index >= 15 is 0 Å². The van der Waals surface area contributed by atoms with Crippen LogP contribution < -0.4 is 10.2 Å². The van der Waals surface area contributed by atoms with E-state index in [0.29, 0.717) is 5.69 Å². The van der Waals surface area contributed by atoms with Gasteiger partial charge in [0.25, 0.3) is 0 Å². The van der Waals surface area contributed by atoms with Gasteiger partial charge in [-0.3, -0.25) is 0 Å². The molecule has 1 fully saturated rings. The molecule has 88 valence electrons. The molecular formula is C9H11F3N4. The Hall–Kier alpha value is -1.37. The van der Waals surface area contributed by atoms with Crippen molar-refractivity contribution in [2.75, 3.05) is 31.1 Å². The monoisotopic (exact) mass is 232 g/mol. The molecule has 16 heavy (non-hydrogen) atoms. The summed E-state index contributed by atoms with van der Waals surface area (Å²) in [5.74, 6) is -1.09. The van der Waals surface area contributed by atoms with Crippen molar-refractivity contribution >= 4 is 5.69 Å². The normalized spacial score (nSPS) is 17.6. The van der Waals surface area contributed by atoms with Crippen LogP contribution in [0.4, 0.5) is 18.9 Å². The first-order valence-electron chi connectivity index (χ1n) is 4.92. The topological polar surface area (TPSA) is 41.1 Å². The Labute approximate surface area is 90.5 Å². The Kier molecular flexibility index (Phi) is 2.95. The Balaban J connectivity index is 2.12. The molecule has 1 aromatic rings. The summed E-state index contributed by atoms with van der Waals surface area (Å²) in [6.07, 6.45) is -2.02. The molecule has 1 saturated heterocycles. The van der Waals surface area contributed by atoms with Crippen LogP contribution in [0.2, 0.25) is 0 Å². The van der Waals surface area contributed by atoms with Gasteiger partial charge < -0.3 is 10.2 Å². The van der Waals surface area contributed by atoms with E-state index in [-0.39, 0.29) is 0 Å². The largest absolute Gasteiger partial charge is 0.451 e. The first-order valence-corrected chi connectivity index (χ1v) is 4.92. The molecule has 1 N–H and O–H groups in total. The fourth-order valence-electron chi connectivity index (χ4n) is 1.55. The van der Waals surface area contributed by atoms with Gasteiger partial charge in [-0.15, -0.1) is 0 Å². The van der Waals surface area contributed by atoms with Crippen LogP contribution in [0.3, 0.4) is 0 Å². The molecule has 7 heteroatoms. The number of aromatic nitrogens is 2. The van der Waals surface area contributed by atoms with E-state index in [4.69, 9.17) is 0 Å². The lowest BCUT2D eigenvalue weighted by molar-refractivity contribution is -0.144. The molecule has 0 bridgehead atoms. The molecule has 0 unspecified atom stereocenters. The van der Waals surface area contributed by atoms with Gasteiger partial charge >= 0.3 is 6.18 Å². The van der Waals surface area contributed by atoms with Gasteiger partial charge in [0.05, 0.1) is 18.1 Å². The molecule has 4 nitrogen and oxygen atoms in total. The van der Waals surface area contributed by atoms with Crippen LogP contribution in [-0.2, 0) is 6.18 Å². The molecular weight excluding hydrogens is 221 g/mol. The Morgan fingerprint density at radius 3 is 2.19 bits per heavy atom. The minimum atomic E-state index is -4.47. The lowest BCUT2D eigenvalue weighted by atomic mass is 10.3. The van der Waals surface area contributed by atoms with Gasteiger partial charge in [-0.25, -0.2) is 9.97 Å². The highest BCUT2D eigenvalue weighted by molar-refractivity contribution is 5.42. The van der Waals surface area contributed by atoms with Crippen LogP contribution in [-0.4, -0.2) is 36.1 Å². The number of piperazine rings is 1. The fraction of sp³-hybridized carbons (Fsp3) is 0.556. The lowest BCUT2D eigenvalue weighted by Gasteiger charge is -2.28. The van der Waals surface area contributed by atoms with Crippen molar-refractivity contribution in [3.05, 3.63) is 18.2 Å². The van der Waals surface area contributed by atoms with E-state index in [1.54, 1.807) is 0 Å². The van der Waals surface area contributed by atoms with E-state index in [2.05, 4.69) is 15.3 Å². The standard InChI is InChI=1S/C9H11F3N4/c10-9(11,12)8-14-5-7(6-15-8)16-3-1-13-2-4-16/h5-6,13H,1-4H2. The minimum absolute atomic E-state index is 0.634. The summed E-state index contributed by atoms with van der Waals surface area (Å²) in [6.45, 7) is 3.16. The second kappa shape index (κ2) is 4.25. The van der Waals surface area contributed by atoms with Gasteiger partial charge in [-0.2, -0.15) is 13.2 Å². The zero-order valence-electron chi connectivity index (χ0n) is 8.46. The average Bonchev–Trinajstić information content (AvgIpc) is 2.29. The molecule has 1 aliphatic rings. The van der Waals surface area contributed by atoms with Gasteiger partial charge in [-0.1, -0.05) is 0 Å². The predicted molar refractivity (Wildman–Crippen MR) is 52.1 cm³/mol. The van der Waals surface area contributed by atoms with Gasteiger partial charge in [0.15, 0.2) is 0 Å². The fourth-order valence-corrected chi connectivity index (χ4v) is 1.55. The summed E-state index contributed by atoms with van der Waals surface area (Å²) in [5, 5.41) is 3.16. The van der Waals surface area contributed by atoms with Crippen LogP contribution in [0, 0.1) is 0 Å². The van der Waals surface area contributed by atoms with Gasteiger partial charge in [0, 0.05) is 26.2 Å². The van der Waals surface area contributed by atoms with Crippen LogP contribution in [0.1, 0.15) is 5.82 Å². The maximum atomic E-state index is 12.2. The molecule has 0 amide bonds. The number of halogens is 3. The third-order valence-corrected chi connectivity index (χ3v) is 2.37. The zero-order chi connectivity index (χ0) is 11.6. The average molecular weight is 232 g/mol. The van der Waals surface area contributed by atoms with E-state index < -0.39 is 12.0 Å². The highest BCUT2D eigenvalue weighted by atomic mass is 19.4. The highest BCUT2D eigenvalue weighted by Crippen LogP contribution is 2.26. The Morgan fingerprint density at radius 2 is 1.69 bits per heavy atom. The van der Waals surface area contributed by atoms with Crippen LogP contribution in [0.25, 0.3) is 0 Å². The number of hydrogen-bond acceptors (Lipinski definition) is 4. The number of rotatable bonds is 1. The summed E-state index contributed by atoms with van der Waals surface area (Å²) in [4.78, 5) is 8.61. The molecule has 1 aliphatic heterocycles. The third kappa shape index (κ3) is 2.41. The van der Waals surface area contributed by atoms with Crippen LogP contribution in [0.15, 0.2) is 12.4 Å². The number of hydrogen-bond donors (Lipinski definition) is 1. The van der Waals surface area contributed by atoms with Crippen molar-refractivity contribution in [2.45, 2.75) is 6.18 Å². The van der Waals surface area contributed by atoms with E-state index in [0.717, 1.165) is 26.2 Å². The number of anilines is 1. The van der Waals surface area contributed by atoms with Crippen molar-refractivity contribution in [3.63, 3.8) is 0 Å². The molecule has 1 aromatic heterocycles. The minimum Gasteiger partial charge on any atom is -0.366 e. The van der Waals surface area contributed by atoms with Gasteiger partial charge in [0.1, 0.15) is 0 Å². The summed E-state index contributed by atoms with van der Waals surface area (Å²) in [7, 11) is 0. The molecule has 2 rings (SSSR count). The quantitative estimate of drug-likeness (QED) is 0.781. The smallest absolute Gasteiger partial charge is 0.366 e. The lowest BCUT2D eigenvalue weighted by Crippen LogP contribution is -2.43. The summed E-state index contributed by atoms with van der Waals surface area (Å²) in [6, 6.07) is 0. The highest BCUT2D eigenvalue weighted by Gasteiger charge is 2.34. The third-order valence-electron chi connectivity index (χ3n) is 2.37. The summed E-state index contributed by atoms with van der Waals surface area (Å²) < 4.78 is 36.6. The molecule has 0 spiro atoms. The molecule has 0 atom stereocenters. The van der Waals surface area contributed by atoms with E-state index in [1.165, 1.54) is 12.4 Å². The molecule has 0 aliphatic carbocycles. The number of nitrogens with one attached hydrogen (secondary N) is 1. The van der Waals surface area contributed by atoms with E-state index in [1.807, 2.05) is 4.90 Å². The summed E-state index contributed by atoms with van der Waals surface area (Å²) in [5.41, 5.74) is 0.634. The Bertz CT molecular complexity index is 343. The van der Waals surface area contributed by atoms with Crippen molar-refractivity contribution in [3.8, 4) is 0 Å². The zero-order valence-corrected chi connectivity index (χ0v) is 8.46. The molecule has 0 aromatic carbocycles. The second-order valence-corrected chi connectivity index (χ2v) is 3.50. The van der Waals surface area contributed by atoms with Gasteiger partial charge in [-0.05, 0) is 0 Å². The van der Waals surface area contributed by atoms with Crippen LogP contribution >= 0.6 is 0 Å². The number of alkyl halides is 3. The van der Waals surface area contributed by atoms with Crippen molar-refractivity contribution in [2.24, 2.45) is 0 Å². The SMILES string of the molecule is FC(F)(F)c1ncc(N2CCNCC2)cn1. The maximum Gasteiger partial charge on any atom is 0.451 e. The van der Waals surface area contributed by atoms with Crippen molar-refractivity contribution < 1.29 is 13.2 Å².